The van der Waals surface area contributed by atoms with Gasteiger partial charge in [-0.05, 0) is 31.2 Å². The highest BCUT2D eigenvalue weighted by molar-refractivity contribution is 6.32. The normalized spacial score (nSPS) is 16.0. The van der Waals surface area contributed by atoms with Gasteiger partial charge in [0.15, 0.2) is 12.7 Å². The van der Waals surface area contributed by atoms with E-state index in [2.05, 4.69) is 5.10 Å². The van der Waals surface area contributed by atoms with Crippen LogP contribution in [0.2, 0.25) is 5.02 Å². The molecule has 1 amide bonds. The maximum absolute atomic E-state index is 12.6. The first-order chi connectivity index (χ1) is 11.6. The van der Waals surface area contributed by atoms with Gasteiger partial charge in [0.1, 0.15) is 12.2 Å². The van der Waals surface area contributed by atoms with E-state index in [4.69, 9.17) is 16.7 Å². The Labute approximate surface area is 144 Å². The van der Waals surface area contributed by atoms with Gasteiger partial charge in [-0.1, -0.05) is 11.6 Å². The molecule has 0 fully saturated rings. The average Bonchev–Trinajstić information content (AvgIpc) is 2.86. The molecule has 1 N–H and O–H groups in total. The number of hydrogen-bond donors (Lipinski definition) is 1. The predicted octanol–water partition coefficient (Wildman–Crippen LogP) is 1.17. The first-order valence-corrected chi connectivity index (χ1v) is 7.84. The van der Waals surface area contributed by atoms with Gasteiger partial charge in [-0.3, -0.25) is 4.79 Å². The van der Waals surface area contributed by atoms with Gasteiger partial charge < -0.3 is 5.11 Å². The lowest BCUT2D eigenvalue weighted by atomic mass is 10.2. The van der Waals surface area contributed by atoms with Gasteiger partial charge in [0.05, 0.1) is 11.4 Å². The molecule has 0 saturated carbocycles. The molecule has 1 aromatic carbocycles. The van der Waals surface area contributed by atoms with E-state index >= 15 is 0 Å². The summed E-state index contributed by atoms with van der Waals surface area (Å²) >= 11 is 5.88. The van der Waals surface area contributed by atoms with Crippen LogP contribution in [0, 0.1) is 0 Å². The van der Waals surface area contributed by atoms with Crippen LogP contribution in [-0.4, -0.2) is 23.3 Å². The van der Waals surface area contributed by atoms with Crippen LogP contribution in [0.1, 0.15) is 6.92 Å². The molecule has 0 spiro atoms. The van der Waals surface area contributed by atoms with Crippen LogP contribution in [0.3, 0.4) is 0 Å². The SMILES string of the molecule is CC1=NN(c2ccc(Cl)cc2)C(=O)/C1=C\[n+]1cc[n+](CCO)cc1. The highest BCUT2D eigenvalue weighted by atomic mass is 35.5. The number of carbonyl (C=O) groups is 1. The molecule has 0 saturated heterocycles. The van der Waals surface area contributed by atoms with Gasteiger partial charge in [0.25, 0.3) is 5.91 Å². The summed E-state index contributed by atoms with van der Waals surface area (Å²) in [5, 5.41) is 15.2. The van der Waals surface area contributed by atoms with Crippen molar-refractivity contribution in [1.29, 1.82) is 0 Å². The number of aromatic nitrogens is 2. The van der Waals surface area contributed by atoms with E-state index in [1.807, 2.05) is 29.4 Å². The summed E-state index contributed by atoms with van der Waals surface area (Å²) in [6.07, 6.45) is 9.02. The maximum Gasteiger partial charge on any atom is 0.286 e. The number of benzene rings is 1. The Kier molecular flexibility index (Phi) is 4.69. The van der Waals surface area contributed by atoms with E-state index in [-0.39, 0.29) is 12.5 Å². The number of nitrogens with zero attached hydrogens (tertiary/aromatic N) is 4. The van der Waals surface area contributed by atoms with Gasteiger partial charge in [-0.2, -0.15) is 19.2 Å². The molecule has 0 radical (unpaired) electrons. The molecule has 0 atom stereocenters. The Morgan fingerprint density at radius 2 is 1.88 bits per heavy atom. The summed E-state index contributed by atoms with van der Waals surface area (Å²) in [6.45, 7) is 2.41. The second-order valence-electron chi connectivity index (χ2n) is 5.33. The number of aliphatic hydroxyl groups is 1. The van der Waals surface area contributed by atoms with Crippen LogP contribution in [0.15, 0.2) is 59.7 Å². The average molecular weight is 345 g/mol. The van der Waals surface area contributed by atoms with Gasteiger partial charge in [0, 0.05) is 5.02 Å². The zero-order valence-electron chi connectivity index (χ0n) is 13.1. The maximum atomic E-state index is 12.6. The lowest BCUT2D eigenvalue weighted by molar-refractivity contribution is -0.719. The number of hydrogen-bond acceptors (Lipinski definition) is 3. The fourth-order valence-corrected chi connectivity index (χ4v) is 2.47. The molecule has 2 aromatic rings. The van der Waals surface area contributed by atoms with E-state index in [9.17, 15) is 4.79 Å². The summed E-state index contributed by atoms with van der Waals surface area (Å²) < 4.78 is 3.64. The minimum atomic E-state index is -0.186. The van der Waals surface area contributed by atoms with E-state index in [0.717, 1.165) is 0 Å². The Morgan fingerprint density at radius 3 is 2.50 bits per heavy atom. The molecular formula is C17H17ClN4O2+2. The van der Waals surface area contributed by atoms with Crippen molar-refractivity contribution < 1.29 is 19.0 Å². The quantitative estimate of drug-likeness (QED) is 0.668. The van der Waals surface area contributed by atoms with Gasteiger partial charge in [-0.15, -0.1) is 0 Å². The third-order valence-corrected chi connectivity index (χ3v) is 3.88. The highest BCUT2D eigenvalue weighted by Crippen LogP contribution is 2.24. The van der Waals surface area contributed by atoms with Crippen LogP contribution in [-0.2, 0) is 11.3 Å². The zero-order chi connectivity index (χ0) is 17.1. The number of rotatable bonds is 4. The van der Waals surface area contributed by atoms with Crippen LogP contribution in [0.25, 0.3) is 6.20 Å². The third kappa shape index (κ3) is 3.34. The number of hydrazone groups is 1. The van der Waals surface area contributed by atoms with Crippen molar-refractivity contribution >= 4 is 35.1 Å². The number of aliphatic hydroxyl groups excluding tert-OH is 1. The fourth-order valence-electron chi connectivity index (χ4n) is 2.35. The van der Waals surface area contributed by atoms with Crippen LogP contribution in [0.5, 0.6) is 0 Å². The molecule has 6 nitrogen and oxygen atoms in total. The van der Waals surface area contributed by atoms with E-state index in [1.165, 1.54) is 5.01 Å². The molecule has 1 aromatic heterocycles. The largest absolute Gasteiger partial charge is 0.390 e. The number of carbonyl (C=O) groups excluding carboxylic acids is 1. The summed E-state index contributed by atoms with van der Waals surface area (Å²) in [5.74, 6) is -0.186. The molecule has 2 heterocycles. The van der Waals surface area contributed by atoms with Gasteiger partial charge in [-0.25, -0.2) is 0 Å². The highest BCUT2D eigenvalue weighted by Gasteiger charge is 2.30. The predicted molar refractivity (Wildman–Crippen MR) is 90.2 cm³/mol. The lowest BCUT2D eigenvalue weighted by Crippen LogP contribution is -2.40. The first-order valence-electron chi connectivity index (χ1n) is 7.46. The summed E-state index contributed by atoms with van der Waals surface area (Å²) in [5.41, 5.74) is 1.84. The molecule has 24 heavy (non-hydrogen) atoms. The Balaban J connectivity index is 1.85. The van der Waals surface area contributed by atoms with E-state index in [0.29, 0.717) is 28.5 Å². The van der Waals surface area contributed by atoms with Crippen LogP contribution >= 0.6 is 11.6 Å². The second-order valence-corrected chi connectivity index (χ2v) is 5.76. The van der Waals surface area contributed by atoms with Gasteiger partial charge >= 0.3 is 0 Å². The Hall–Kier alpha value is -2.57. The second kappa shape index (κ2) is 6.90. The number of anilines is 1. The summed E-state index contributed by atoms with van der Waals surface area (Å²) in [4.78, 5) is 12.6. The Morgan fingerprint density at radius 1 is 1.21 bits per heavy atom. The molecular weight excluding hydrogens is 328 g/mol. The molecule has 0 bridgehead atoms. The molecule has 3 rings (SSSR count). The zero-order valence-corrected chi connectivity index (χ0v) is 13.9. The van der Waals surface area contributed by atoms with E-state index in [1.54, 1.807) is 42.0 Å². The molecule has 0 aliphatic carbocycles. The Bertz CT molecular complexity index is 813. The molecule has 7 heteroatoms. The third-order valence-electron chi connectivity index (χ3n) is 3.63. The summed E-state index contributed by atoms with van der Waals surface area (Å²) in [6, 6.07) is 6.96. The van der Waals surface area contributed by atoms with Crippen LogP contribution in [0.4, 0.5) is 5.69 Å². The van der Waals surface area contributed by atoms with E-state index < -0.39 is 0 Å². The monoisotopic (exact) mass is 344 g/mol. The van der Waals surface area contributed by atoms with Crippen molar-refractivity contribution in [2.24, 2.45) is 5.10 Å². The molecule has 1 aliphatic heterocycles. The molecule has 122 valence electrons. The smallest absolute Gasteiger partial charge is 0.286 e. The topological polar surface area (TPSA) is 60.7 Å². The minimum Gasteiger partial charge on any atom is -0.390 e. The van der Waals surface area contributed by atoms with Crippen molar-refractivity contribution in [3.05, 3.63) is 59.6 Å². The van der Waals surface area contributed by atoms with Crippen molar-refractivity contribution in [2.45, 2.75) is 13.5 Å². The van der Waals surface area contributed by atoms with Crippen molar-refractivity contribution in [1.82, 2.24) is 0 Å². The van der Waals surface area contributed by atoms with Crippen LogP contribution < -0.4 is 14.1 Å². The molecule has 1 aliphatic rings. The first kappa shape index (κ1) is 16.3. The summed E-state index contributed by atoms with van der Waals surface area (Å²) in [7, 11) is 0. The number of amides is 1. The van der Waals surface area contributed by atoms with Crippen molar-refractivity contribution in [3.8, 4) is 0 Å². The lowest BCUT2D eigenvalue weighted by Gasteiger charge is -2.10. The minimum absolute atomic E-state index is 0.0794. The fraction of sp³-hybridized carbons (Fsp3) is 0.176. The van der Waals surface area contributed by atoms with Gasteiger partial charge in [0.2, 0.25) is 24.8 Å². The number of halogens is 1. The van der Waals surface area contributed by atoms with Crippen molar-refractivity contribution in [3.63, 3.8) is 0 Å². The van der Waals surface area contributed by atoms with Crippen molar-refractivity contribution in [2.75, 3.05) is 11.6 Å². The standard InChI is InChI=1S/C17H17ClN4O2/c1-13-16(12-21-8-6-20(7-9-21)10-11-23)17(24)22(19-13)15-4-2-14(18)3-5-15/h2-9,12,23H,10-11H2,1H3/q+2. The molecule has 0 unspecified atom stereocenters.